The van der Waals surface area contributed by atoms with Gasteiger partial charge in [-0.25, -0.2) is 0 Å². The maximum absolute atomic E-state index is 11.8. The van der Waals surface area contributed by atoms with Crippen LogP contribution in [0, 0.1) is 23.7 Å². The van der Waals surface area contributed by atoms with Gasteiger partial charge >= 0.3 is 0 Å². The van der Waals surface area contributed by atoms with E-state index in [9.17, 15) is 9.59 Å². The Labute approximate surface area is 82.8 Å². The second-order valence-electron chi connectivity index (χ2n) is 4.58. The largest absolute Gasteiger partial charge is 0.285 e. The molecule has 1 saturated carbocycles. The van der Waals surface area contributed by atoms with Gasteiger partial charge < -0.3 is 0 Å². The van der Waals surface area contributed by atoms with Crippen molar-refractivity contribution < 1.29 is 9.59 Å². The molecule has 0 aromatic carbocycles. The van der Waals surface area contributed by atoms with Crippen LogP contribution in [0.4, 0.5) is 0 Å². The third kappa shape index (κ3) is 0.781. The fourth-order valence-electron chi connectivity index (χ4n) is 3.22. The highest BCUT2D eigenvalue weighted by Gasteiger charge is 2.55. The zero-order valence-electron chi connectivity index (χ0n) is 8.14. The van der Waals surface area contributed by atoms with Gasteiger partial charge in [0.1, 0.15) is 0 Å². The van der Waals surface area contributed by atoms with Crippen molar-refractivity contribution in [3.05, 3.63) is 12.2 Å². The zero-order chi connectivity index (χ0) is 9.87. The molecule has 0 aromatic rings. The Morgan fingerprint density at radius 2 is 1.50 bits per heavy atom. The summed E-state index contributed by atoms with van der Waals surface area (Å²) in [7, 11) is 1.61. The van der Waals surface area contributed by atoms with Gasteiger partial charge in [0.05, 0.1) is 11.8 Å². The lowest BCUT2D eigenvalue weighted by atomic mass is 9.63. The molecule has 0 aromatic heterocycles. The number of carbonyl (C=O) groups excluding carboxylic acids is 2. The minimum Gasteiger partial charge on any atom is -0.285 e. The smallest absolute Gasteiger partial charge is 0.233 e. The summed E-state index contributed by atoms with van der Waals surface area (Å²) in [5, 5.41) is 0. The molecule has 74 valence electrons. The summed E-state index contributed by atoms with van der Waals surface area (Å²) in [4.78, 5) is 24.9. The molecule has 1 aliphatic heterocycles. The molecule has 4 aliphatic rings. The standard InChI is InChI=1S/C11H13NO2/c1-12-10(13)8-6-2-3-7(5-4-6)9(8)11(12)14/h2-3,6-9H,4-5H2,1H3/t6-,7-,8+,9+/m1/s1. The van der Waals surface area contributed by atoms with Crippen LogP contribution in [0.15, 0.2) is 12.2 Å². The van der Waals surface area contributed by atoms with Crippen LogP contribution in [-0.4, -0.2) is 23.8 Å². The van der Waals surface area contributed by atoms with E-state index in [2.05, 4.69) is 12.2 Å². The SMILES string of the molecule is CN1C(=O)[C@@H]2[C@@H](C1=O)[C@@H]1C=C[C@@H]2CC1. The fraction of sp³-hybridized carbons (Fsp3) is 0.636. The highest BCUT2D eigenvalue weighted by molar-refractivity contribution is 6.05. The van der Waals surface area contributed by atoms with Crippen molar-refractivity contribution in [2.75, 3.05) is 7.05 Å². The van der Waals surface area contributed by atoms with Gasteiger partial charge in [0.2, 0.25) is 11.8 Å². The van der Waals surface area contributed by atoms with E-state index in [1.54, 1.807) is 7.05 Å². The molecular weight excluding hydrogens is 178 g/mol. The normalized spacial score (nSPS) is 44.8. The monoisotopic (exact) mass is 191 g/mol. The van der Waals surface area contributed by atoms with E-state index in [0.29, 0.717) is 11.8 Å². The zero-order valence-corrected chi connectivity index (χ0v) is 8.14. The van der Waals surface area contributed by atoms with Gasteiger partial charge in [-0.1, -0.05) is 12.2 Å². The molecule has 4 atom stereocenters. The molecule has 3 heteroatoms. The van der Waals surface area contributed by atoms with E-state index in [1.165, 1.54) is 4.90 Å². The van der Waals surface area contributed by atoms with Crippen molar-refractivity contribution in [3.8, 4) is 0 Å². The highest BCUT2D eigenvalue weighted by atomic mass is 16.2. The van der Waals surface area contributed by atoms with Crippen LogP contribution >= 0.6 is 0 Å². The first-order chi connectivity index (χ1) is 6.70. The topological polar surface area (TPSA) is 37.4 Å². The van der Waals surface area contributed by atoms with Crippen molar-refractivity contribution >= 4 is 11.8 Å². The maximum Gasteiger partial charge on any atom is 0.233 e. The van der Waals surface area contributed by atoms with Crippen LogP contribution in [0.1, 0.15) is 12.8 Å². The van der Waals surface area contributed by atoms with Gasteiger partial charge in [-0.3, -0.25) is 14.5 Å². The van der Waals surface area contributed by atoms with Gasteiger partial charge in [0.15, 0.2) is 0 Å². The molecule has 0 N–H and O–H groups in total. The van der Waals surface area contributed by atoms with Crippen LogP contribution in [0.5, 0.6) is 0 Å². The molecule has 2 bridgehead atoms. The number of likely N-dealkylation sites (tertiary alicyclic amines) is 1. The maximum atomic E-state index is 11.8. The minimum absolute atomic E-state index is 0.0313. The van der Waals surface area contributed by atoms with Crippen LogP contribution in [-0.2, 0) is 9.59 Å². The second-order valence-corrected chi connectivity index (χ2v) is 4.58. The number of fused-ring (bicyclic) bond motifs is 1. The lowest BCUT2D eigenvalue weighted by Crippen LogP contribution is -2.38. The molecule has 2 amide bonds. The number of allylic oxidation sites excluding steroid dienone is 2. The Kier molecular flexibility index (Phi) is 1.45. The molecule has 1 saturated heterocycles. The Hall–Kier alpha value is -1.12. The third-order valence-electron chi connectivity index (χ3n) is 3.98. The number of carbonyl (C=O) groups is 2. The van der Waals surface area contributed by atoms with Crippen LogP contribution < -0.4 is 0 Å². The molecule has 0 radical (unpaired) electrons. The number of rotatable bonds is 0. The Morgan fingerprint density at radius 3 is 1.86 bits per heavy atom. The fourth-order valence-corrected chi connectivity index (χ4v) is 3.22. The van der Waals surface area contributed by atoms with Gasteiger partial charge in [-0.05, 0) is 24.7 Å². The first kappa shape index (κ1) is 8.21. The van der Waals surface area contributed by atoms with Crippen molar-refractivity contribution in [1.29, 1.82) is 0 Å². The van der Waals surface area contributed by atoms with E-state index in [-0.39, 0.29) is 23.7 Å². The molecule has 4 rings (SSSR count). The molecule has 1 heterocycles. The molecule has 0 unspecified atom stereocenters. The Bertz CT molecular complexity index is 315. The minimum atomic E-state index is -0.0313. The van der Waals surface area contributed by atoms with Gasteiger partial charge in [0, 0.05) is 7.05 Å². The predicted octanol–water partition coefficient (Wildman–Crippen LogP) is 0.813. The van der Waals surface area contributed by atoms with Gasteiger partial charge in [0.25, 0.3) is 0 Å². The first-order valence-electron chi connectivity index (χ1n) is 5.20. The van der Waals surface area contributed by atoms with E-state index in [1.807, 2.05) is 0 Å². The average molecular weight is 191 g/mol. The lowest BCUT2D eigenvalue weighted by molar-refractivity contribution is -0.138. The summed E-state index contributed by atoms with van der Waals surface area (Å²) in [6.07, 6.45) is 6.43. The molecule has 2 fully saturated rings. The highest BCUT2D eigenvalue weighted by Crippen LogP contribution is 2.49. The number of hydrogen-bond acceptors (Lipinski definition) is 2. The molecule has 14 heavy (non-hydrogen) atoms. The molecular formula is C11H13NO2. The summed E-state index contributed by atoms with van der Waals surface area (Å²) >= 11 is 0. The van der Waals surface area contributed by atoms with Crippen LogP contribution in [0.2, 0.25) is 0 Å². The van der Waals surface area contributed by atoms with Crippen molar-refractivity contribution in [1.82, 2.24) is 4.90 Å². The lowest BCUT2D eigenvalue weighted by Gasteiger charge is -2.38. The number of amides is 2. The Balaban J connectivity index is 2.07. The van der Waals surface area contributed by atoms with E-state index in [0.717, 1.165) is 12.8 Å². The van der Waals surface area contributed by atoms with Gasteiger partial charge in [-0.15, -0.1) is 0 Å². The predicted molar refractivity (Wildman–Crippen MR) is 50.1 cm³/mol. The van der Waals surface area contributed by atoms with E-state index >= 15 is 0 Å². The molecule has 0 spiro atoms. The number of imide groups is 1. The van der Waals surface area contributed by atoms with Crippen molar-refractivity contribution in [2.45, 2.75) is 12.8 Å². The number of nitrogens with zero attached hydrogens (tertiary/aromatic N) is 1. The number of hydrogen-bond donors (Lipinski definition) is 0. The second kappa shape index (κ2) is 2.47. The third-order valence-corrected chi connectivity index (χ3v) is 3.98. The van der Waals surface area contributed by atoms with E-state index < -0.39 is 0 Å². The molecule has 3 aliphatic carbocycles. The Morgan fingerprint density at radius 1 is 1.07 bits per heavy atom. The average Bonchev–Trinajstić information content (AvgIpc) is 2.47. The summed E-state index contributed by atoms with van der Waals surface area (Å²) in [5.74, 6) is 0.670. The summed E-state index contributed by atoms with van der Waals surface area (Å²) < 4.78 is 0. The quantitative estimate of drug-likeness (QED) is 0.420. The first-order valence-corrected chi connectivity index (χ1v) is 5.20. The van der Waals surface area contributed by atoms with Crippen LogP contribution in [0.25, 0.3) is 0 Å². The summed E-state index contributed by atoms with van der Waals surface area (Å²) in [6, 6.07) is 0. The van der Waals surface area contributed by atoms with E-state index in [4.69, 9.17) is 0 Å². The van der Waals surface area contributed by atoms with Gasteiger partial charge in [-0.2, -0.15) is 0 Å². The summed E-state index contributed by atoms with van der Waals surface area (Å²) in [5.41, 5.74) is 0. The molecule has 3 nitrogen and oxygen atoms in total. The summed E-state index contributed by atoms with van der Waals surface area (Å²) in [6.45, 7) is 0. The van der Waals surface area contributed by atoms with Crippen LogP contribution in [0.3, 0.4) is 0 Å². The van der Waals surface area contributed by atoms with Crippen molar-refractivity contribution in [3.63, 3.8) is 0 Å². The van der Waals surface area contributed by atoms with Crippen molar-refractivity contribution in [2.24, 2.45) is 23.7 Å².